The average molecular weight is 220 g/mol. The van der Waals surface area contributed by atoms with Gasteiger partial charge >= 0.3 is 5.76 Å². The lowest BCUT2D eigenvalue weighted by Crippen LogP contribution is -2.25. The zero-order valence-electron chi connectivity index (χ0n) is 9.78. The van der Waals surface area contributed by atoms with Crippen LogP contribution >= 0.6 is 0 Å². The number of hydrogen-bond acceptors (Lipinski definition) is 3. The molecule has 0 atom stereocenters. The van der Waals surface area contributed by atoms with Crippen LogP contribution in [0.1, 0.15) is 19.4 Å². The van der Waals surface area contributed by atoms with E-state index >= 15 is 0 Å². The van der Waals surface area contributed by atoms with Crippen LogP contribution in [-0.2, 0) is 6.54 Å². The fourth-order valence-electron chi connectivity index (χ4n) is 1.56. The summed E-state index contributed by atoms with van der Waals surface area (Å²) in [7, 11) is 2.07. The summed E-state index contributed by atoms with van der Waals surface area (Å²) in [6.07, 6.45) is 0. The van der Waals surface area contributed by atoms with E-state index in [0.29, 0.717) is 11.6 Å². The third kappa shape index (κ3) is 2.17. The summed E-state index contributed by atoms with van der Waals surface area (Å²) in [5, 5.41) is 0. The Bertz CT molecular complexity index is 539. The monoisotopic (exact) mass is 220 g/mol. The van der Waals surface area contributed by atoms with E-state index in [1.54, 1.807) is 0 Å². The number of oxazole rings is 1. The van der Waals surface area contributed by atoms with Crippen LogP contribution in [0.5, 0.6) is 0 Å². The van der Waals surface area contributed by atoms with E-state index in [-0.39, 0.29) is 0 Å². The van der Waals surface area contributed by atoms with Crippen molar-refractivity contribution in [1.29, 1.82) is 0 Å². The van der Waals surface area contributed by atoms with Gasteiger partial charge < -0.3 is 4.42 Å². The van der Waals surface area contributed by atoms with Crippen molar-refractivity contribution >= 4 is 11.1 Å². The first-order valence-corrected chi connectivity index (χ1v) is 5.38. The molecule has 1 heterocycles. The highest BCUT2D eigenvalue weighted by atomic mass is 16.4. The molecule has 0 saturated heterocycles. The lowest BCUT2D eigenvalue weighted by atomic mass is 10.2. The summed E-state index contributed by atoms with van der Waals surface area (Å²) < 4.78 is 5.02. The molecule has 2 aromatic rings. The van der Waals surface area contributed by atoms with Gasteiger partial charge in [-0.05, 0) is 38.6 Å². The molecule has 0 aliphatic heterocycles. The van der Waals surface area contributed by atoms with Crippen molar-refractivity contribution in [3.63, 3.8) is 0 Å². The van der Waals surface area contributed by atoms with E-state index in [9.17, 15) is 4.79 Å². The predicted octanol–water partition coefficient (Wildman–Crippen LogP) is 1.96. The molecule has 86 valence electrons. The maximum absolute atomic E-state index is 11.0. The van der Waals surface area contributed by atoms with Crippen LogP contribution in [-0.4, -0.2) is 23.0 Å². The van der Waals surface area contributed by atoms with E-state index < -0.39 is 5.76 Å². The van der Waals surface area contributed by atoms with Gasteiger partial charge in [-0.3, -0.25) is 9.88 Å². The molecule has 0 spiro atoms. The van der Waals surface area contributed by atoms with E-state index in [1.807, 2.05) is 18.2 Å². The van der Waals surface area contributed by atoms with Crippen LogP contribution in [0.4, 0.5) is 0 Å². The Morgan fingerprint density at radius 3 is 2.88 bits per heavy atom. The molecule has 16 heavy (non-hydrogen) atoms. The molecule has 0 saturated carbocycles. The normalized spacial score (nSPS) is 11.8. The zero-order chi connectivity index (χ0) is 11.7. The van der Waals surface area contributed by atoms with Gasteiger partial charge in [-0.25, -0.2) is 4.79 Å². The van der Waals surface area contributed by atoms with Gasteiger partial charge in [-0.15, -0.1) is 0 Å². The minimum atomic E-state index is -0.399. The molecule has 4 heteroatoms. The summed E-state index contributed by atoms with van der Waals surface area (Å²) in [6, 6.07) is 6.29. The fourth-order valence-corrected chi connectivity index (χ4v) is 1.56. The van der Waals surface area contributed by atoms with Crippen molar-refractivity contribution < 1.29 is 4.42 Å². The third-order valence-corrected chi connectivity index (χ3v) is 2.80. The maximum atomic E-state index is 11.0. The van der Waals surface area contributed by atoms with Crippen molar-refractivity contribution in [2.24, 2.45) is 0 Å². The smallest absolute Gasteiger partial charge is 0.408 e. The Labute approximate surface area is 93.9 Å². The number of H-pyrrole nitrogens is 1. The zero-order valence-corrected chi connectivity index (χ0v) is 9.78. The molecular formula is C12H16N2O2. The van der Waals surface area contributed by atoms with Gasteiger partial charge in [-0.1, -0.05) is 6.07 Å². The number of nitrogens with one attached hydrogen (secondary N) is 1. The highest BCUT2D eigenvalue weighted by molar-refractivity contribution is 5.72. The Balaban J connectivity index is 2.28. The van der Waals surface area contributed by atoms with Gasteiger partial charge in [0.1, 0.15) is 0 Å². The van der Waals surface area contributed by atoms with Crippen molar-refractivity contribution in [3.05, 3.63) is 34.3 Å². The van der Waals surface area contributed by atoms with Gasteiger partial charge in [0.15, 0.2) is 5.58 Å². The van der Waals surface area contributed by atoms with Gasteiger partial charge in [0.05, 0.1) is 5.52 Å². The molecule has 1 aromatic carbocycles. The molecule has 0 fully saturated rings. The second kappa shape index (κ2) is 4.14. The number of nitrogens with zero attached hydrogens (tertiary/aromatic N) is 1. The Morgan fingerprint density at radius 1 is 1.44 bits per heavy atom. The largest absolute Gasteiger partial charge is 0.417 e. The fraction of sp³-hybridized carbons (Fsp3) is 0.417. The topological polar surface area (TPSA) is 49.2 Å². The summed E-state index contributed by atoms with van der Waals surface area (Å²) in [5.41, 5.74) is 2.52. The number of aromatic amines is 1. The molecule has 1 aromatic heterocycles. The van der Waals surface area contributed by atoms with Crippen LogP contribution in [0.25, 0.3) is 11.1 Å². The number of fused-ring (bicyclic) bond motifs is 1. The molecule has 1 N–H and O–H groups in total. The van der Waals surface area contributed by atoms with Gasteiger partial charge in [0.25, 0.3) is 0 Å². The van der Waals surface area contributed by atoms with Gasteiger partial charge in [0.2, 0.25) is 0 Å². The van der Waals surface area contributed by atoms with Crippen molar-refractivity contribution in [3.8, 4) is 0 Å². The second-order valence-corrected chi connectivity index (χ2v) is 4.35. The summed E-state index contributed by atoms with van der Waals surface area (Å²) in [6.45, 7) is 5.15. The van der Waals surface area contributed by atoms with Gasteiger partial charge in [0, 0.05) is 12.6 Å². The minimum Gasteiger partial charge on any atom is -0.408 e. The molecule has 0 radical (unpaired) electrons. The van der Waals surface area contributed by atoms with Crippen LogP contribution in [0.3, 0.4) is 0 Å². The molecule has 0 aliphatic rings. The lowest BCUT2D eigenvalue weighted by Gasteiger charge is -2.20. The molecular weight excluding hydrogens is 204 g/mol. The number of rotatable bonds is 3. The Kier molecular flexibility index (Phi) is 2.83. The third-order valence-electron chi connectivity index (χ3n) is 2.80. The first-order valence-electron chi connectivity index (χ1n) is 5.38. The average Bonchev–Trinajstić information content (AvgIpc) is 2.57. The van der Waals surface area contributed by atoms with E-state index in [2.05, 4.69) is 30.8 Å². The number of hydrogen-bond donors (Lipinski definition) is 1. The first-order chi connectivity index (χ1) is 7.56. The van der Waals surface area contributed by atoms with Crippen molar-refractivity contribution in [1.82, 2.24) is 9.88 Å². The molecule has 0 amide bonds. The van der Waals surface area contributed by atoms with Crippen molar-refractivity contribution in [2.75, 3.05) is 7.05 Å². The Hall–Kier alpha value is -1.55. The highest BCUT2D eigenvalue weighted by Crippen LogP contribution is 2.14. The van der Waals surface area contributed by atoms with E-state index in [1.165, 1.54) is 0 Å². The van der Waals surface area contributed by atoms with E-state index in [4.69, 9.17) is 4.42 Å². The quantitative estimate of drug-likeness (QED) is 0.860. The molecule has 4 nitrogen and oxygen atoms in total. The SMILES string of the molecule is CC(C)N(C)Cc1ccc2[nH]c(=O)oc2c1. The maximum Gasteiger partial charge on any atom is 0.417 e. The Morgan fingerprint density at radius 2 is 2.19 bits per heavy atom. The van der Waals surface area contributed by atoms with E-state index in [0.717, 1.165) is 17.6 Å². The highest BCUT2D eigenvalue weighted by Gasteiger charge is 2.06. The number of aromatic nitrogens is 1. The number of benzene rings is 1. The van der Waals surface area contributed by atoms with Crippen LogP contribution in [0.2, 0.25) is 0 Å². The van der Waals surface area contributed by atoms with Crippen LogP contribution < -0.4 is 5.76 Å². The minimum absolute atomic E-state index is 0.399. The summed E-state index contributed by atoms with van der Waals surface area (Å²) in [5.74, 6) is -0.399. The molecule has 0 aliphatic carbocycles. The summed E-state index contributed by atoms with van der Waals surface area (Å²) >= 11 is 0. The van der Waals surface area contributed by atoms with Crippen molar-refractivity contribution in [2.45, 2.75) is 26.4 Å². The second-order valence-electron chi connectivity index (χ2n) is 4.35. The van der Waals surface area contributed by atoms with Gasteiger partial charge in [-0.2, -0.15) is 0 Å². The first kappa shape index (κ1) is 11.0. The van der Waals surface area contributed by atoms with Crippen LogP contribution in [0.15, 0.2) is 27.4 Å². The summed E-state index contributed by atoms with van der Waals surface area (Å²) in [4.78, 5) is 15.9. The standard InChI is InChI=1S/C12H16N2O2/c1-8(2)14(3)7-9-4-5-10-11(6-9)16-12(15)13-10/h4-6,8H,7H2,1-3H3,(H,13,15). The lowest BCUT2D eigenvalue weighted by molar-refractivity contribution is 0.266. The molecule has 0 unspecified atom stereocenters. The predicted molar refractivity (Wildman–Crippen MR) is 63.4 cm³/mol. The molecule has 0 bridgehead atoms. The molecule has 2 rings (SSSR count). The van der Waals surface area contributed by atoms with Crippen LogP contribution in [0, 0.1) is 0 Å².